The van der Waals surface area contributed by atoms with Gasteiger partial charge in [0.05, 0.1) is 5.92 Å². The lowest BCUT2D eigenvalue weighted by atomic mass is 9.97. The first-order chi connectivity index (χ1) is 14.2. The van der Waals surface area contributed by atoms with Gasteiger partial charge in [-0.25, -0.2) is 9.97 Å². The van der Waals surface area contributed by atoms with Gasteiger partial charge < -0.3 is 10.2 Å². The number of pyridine rings is 1. The smallest absolute Gasteiger partial charge is 0.295 e. The minimum Gasteiger partial charge on any atom is -0.355 e. The van der Waals surface area contributed by atoms with Crippen LogP contribution in [0.25, 0.3) is 11.2 Å². The number of hydrogen-bond acceptors (Lipinski definition) is 6. The number of nitrogens with one attached hydrogen (secondary N) is 1. The van der Waals surface area contributed by atoms with Gasteiger partial charge in [-0.2, -0.15) is 0 Å². The first-order valence-corrected chi connectivity index (χ1v) is 11.0. The Hall–Kier alpha value is -2.74. The number of anilines is 1. The Morgan fingerprint density at radius 3 is 3.03 bits per heavy atom. The highest BCUT2D eigenvalue weighted by Crippen LogP contribution is 2.21. The van der Waals surface area contributed by atoms with Crippen molar-refractivity contribution in [2.75, 3.05) is 24.5 Å². The number of nitrogens with zero attached hydrogens (tertiary/aromatic N) is 4. The van der Waals surface area contributed by atoms with Crippen molar-refractivity contribution in [1.29, 1.82) is 0 Å². The second-order valence-corrected chi connectivity index (χ2v) is 8.27. The molecule has 3 aromatic heterocycles. The van der Waals surface area contributed by atoms with Crippen LogP contribution in [0.4, 0.5) is 5.82 Å². The number of fused-ring (bicyclic) bond motifs is 1. The van der Waals surface area contributed by atoms with Crippen LogP contribution in [0, 0.1) is 5.92 Å². The van der Waals surface area contributed by atoms with E-state index >= 15 is 0 Å². The monoisotopic (exact) mass is 411 g/mol. The highest BCUT2D eigenvalue weighted by Gasteiger charge is 2.28. The third kappa shape index (κ3) is 4.17. The van der Waals surface area contributed by atoms with Crippen LogP contribution in [0.2, 0.25) is 0 Å². The fourth-order valence-electron chi connectivity index (χ4n) is 3.85. The summed E-state index contributed by atoms with van der Waals surface area (Å²) < 4.78 is 1.66. The summed E-state index contributed by atoms with van der Waals surface area (Å²) >= 11 is 1.70. The van der Waals surface area contributed by atoms with Gasteiger partial charge in [0, 0.05) is 37.3 Å². The summed E-state index contributed by atoms with van der Waals surface area (Å²) in [4.78, 5) is 37.8. The van der Waals surface area contributed by atoms with Crippen molar-refractivity contribution in [1.82, 2.24) is 19.9 Å². The Balaban J connectivity index is 1.49. The predicted molar refractivity (Wildman–Crippen MR) is 115 cm³/mol. The lowest BCUT2D eigenvalue weighted by Gasteiger charge is -2.32. The van der Waals surface area contributed by atoms with Crippen LogP contribution in [0.1, 0.15) is 24.6 Å². The molecule has 8 heteroatoms. The number of hydrogen-bond donors (Lipinski definition) is 1. The van der Waals surface area contributed by atoms with Crippen LogP contribution in [-0.4, -0.2) is 40.1 Å². The van der Waals surface area contributed by atoms with Gasteiger partial charge in [-0.15, -0.1) is 11.3 Å². The van der Waals surface area contributed by atoms with Crippen LogP contribution >= 0.6 is 11.3 Å². The molecule has 1 amide bonds. The predicted octanol–water partition coefficient (Wildman–Crippen LogP) is 2.45. The van der Waals surface area contributed by atoms with Crippen molar-refractivity contribution in [2.24, 2.45) is 5.92 Å². The number of carbonyl (C=O) groups excluding carboxylic acids is 1. The molecule has 0 radical (unpaired) electrons. The number of aromatic nitrogens is 3. The third-order valence-corrected chi connectivity index (χ3v) is 6.28. The van der Waals surface area contributed by atoms with Crippen molar-refractivity contribution in [3.8, 4) is 0 Å². The maximum atomic E-state index is 13.0. The van der Waals surface area contributed by atoms with E-state index in [4.69, 9.17) is 0 Å². The van der Waals surface area contributed by atoms with Gasteiger partial charge in [-0.05, 0) is 49.8 Å². The fraction of sp³-hybridized carbons (Fsp3) is 0.429. The fourth-order valence-corrected chi connectivity index (χ4v) is 4.56. The van der Waals surface area contributed by atoms with E-state index < -0.39 is 0 Å². The molecule has 1 fully saturated rings. The Kier molecular flexibility index (Phi) is 5.89. The summed E-state index contributed by atoms with van der Waals surface area (Å²) in [7, 11) is 0. The van der Waals surface area contributed by atoms with E-state index in [9.17, 15) is 9.59 Å². The van der Waals surface area contributed by atoms with Crippen LogP contribution in [0.5, 0.6) is 0 Å². The molecule has 1 saturated heterocycles. The standard InChI is InChI=1S/C21H25N5O2S/c1-2-26-18-17(8-3-10-22-18)24-19(21(26)28)25-12-4-6-15(14-25)20(27)23-11-9-16-7-5-13-29-16/h3,5,7-8,10,13,15H,2,4,6,9,11-12,14H2,1H3,(H,23,27). The van der Waals surface area contributed by atoms with Crippen LogP contribution < -0.4 is 15.8 Å². The van der Waals surface area contributed by atoms with E-state index in [1.165, 1.54) is 4.88 Å². The number of carbonyl (C=O) groups is 1. The Morgan fingerprint density at radius 2 is 2.24 bits per heavy atom. The van der Waals surface area contributed by atoms with Gasteiger partial charge in [0.2, 0.25) is 5.91 Å². The van der Waals surface area contributed by atoms with Gasteiger partial charge >= 0.3 is 0 Å². The molecular weight excluding hydrogens is 386 g/mol. The minimum absolute atomic E-state index is 0.0597. The van der Waals surface area contributed by atoms with Crippen LogP contribution in [0.15, 0.2) is 40.6 Å². The molecule has 0 aromatic carbocycles. The average Bonchev–Trinajstić information content (AvgIpc) is 3.27. The lowest BCUT2D eigenvalue weighted by Crippen LogP contribution is -2.46. The van der Waals surface area contributed by atoms with Crippen LogP contribution in [-0.2, 0) is 17.8 Å². The van der Waals surface area contributed by atoms with Crippen molar-refractivity contribution >= 4 is 34.2 Å². The van der Waals surface area contributed by atoms with Crippen molar-refractivity contribution in [3.05, 3.63) is 51.1 Å². The van der Waals surface area contributed by atoms with Gasteiger partial charge in [0.15, 0.2) is 11.5 Å². The molecule has 4 heterocycles. The highest BCUT2D eigenvalue weighted by molar-refractivity contribution is 7.09. The topological polar surface area (TPSA) is 80.1 Å². The molecule has 4 rings (SSSR count). The normalized spacial score (nSPS) is 16.9. The summed E-state index contributed by atoms with van der Waals surface area (Å²) in [6.07, 6.45) is 4.22. The molecule has 1 atom stereocenters. The van der Waals surface area contributed by atoms with Crippen molar-refractivity contribution < 1.29 is 4.79 Å². The molecule has 1 unspecified atom stereocenters. The summed E-state index contributed by atoms with van der Waals surface area (Å²) in [6.45, 7) is 4.35. The number of amides is 1. The first kappa shape index (κ1) is 19.6. The van der Waals surface area contributed by atoms with E-state index in [1.54, 1.807) is 22.1 Å². The summed E-state index contributed by atoms with van der Waals surface area (Å²) in [6, 6.07) is 7.80. The number of rotatable bonds is 6. The molecule has 7 nitrogen and oxygen atoms in total. The molecule has 0 aliphatic carbocycles. The Labute approximate surface area is 173 Å². The maximum absolute atomic E-state index is 13.0. The molecule has 1 aliphatic rings. The summed E-state index contributed by atoms with van der Waals surface area (Å²) in [5.41, 5.74) is 1.16. The van der Waals surface area contributed by atoms with E-state index in [1.807, 2.05) is 35.4 Å². The van der Waals surface area contributed by atoms with E-state index in [0.717, 1.165) is 25.8 Å². The van der Waals surface area contributed by atoms with Crippen molar-refractivity contribution in [2.45, 2.75) is 32.7 Å². The van der Waals surface area contributed by atoms with Crippen LogP contribution in [0.3, 0.4) is 0 Å². The molecule has 0 bridgehead atoms. The number of aryl methyl sites for hydroxylation is 1. The number of thiophene rings is 1. The van der Waals surface area contributed by atoms with E-state index in [-0.39, 0.29) is 17.4 Å². The highest BCUT2D eigenvalue weighted by atomic mass is 32.1. The van der Waals surface area contributed by atoms with Gasteiger partial charge in [0.1, 0.15) is 5.52 Å². The van der Waals surface area contributed by atoms with Gasteiger partial charge in [-0.1, -0.05) is 6.07 Å². The second kappa shape index (κ2) is 8.73. The molecule has 0 spiro atoms. The summed E-state index contributed by atoms with van der Waals surface area (Å²) in [5, 5.41) is 5.10. The summed E-state index contributed by atoms with van der Waals surface area (Å²) in [5.74, 6) is 0.348. The minimum atomic E-state index is -0.141. The first-order valence-electron chi connectivity index (χ1n) is 10.1. The molecular formula is C21H25N5O2S. The Bertz CT molecular complexity index is 1050. The molecule has 3 aromatic rings. The van der Waals surface area contributed by atoms with Gasteiger partial charge in [-0.3, -0.25) is 14.2 Å². The zero-order valence-corrected chi connectivity index (χ0v) is 17.3. The Morgan fingerprint density at radius 1 is 1.34 bits per heavy atom. The third-order valence-electron chi connectivity index (χ3n) is 5.34. The molecule has 152 valence electrons. The van der Waals surface area contributed by atoms with E-state index in [2.05, 4.69) is 21.4 Å². The largest absolute Gasteiger partial charge is 0.355 e. The quantitative estimate of drug-likeness (QED) is 0.674. The average molecular weight is 412 g/mol. The molecule has 0 saturated carbocycles. The SMILES string of the molecule is CCn1c(=O)c(N2CCCC(C(=O)NCCc3cccs3)C2)nc2cccnc21. The molecule has 1 aliphatic heterocycles. The lowest BCUT2D eigenvalue weighted by molar-refractivity contribution is -0.125. The second-order valence-electron chi connectivity index (χ2n) is 7.24. The van der Waals surface area contributed by atoms with Gasteiger partial charge in [0.25, 0.3) is 5.56 Å². The molecule has 29 heavy (non-hydrogen) atoms. The zero-order chi connectivity index (χ0) is 20.2. The maximum Gasteiger partial charge on any atom is 0.295 e. The molecule has 1 N–H and O–H groups in total. The van der Waals surface area contributed by atoms with Crippen molar-refractivity contribution in [3.63, 3.8) is 0 Å². The zero-order valence-electron chi connectivity index (χ0n) is 16.5. The van der Waals surface area contributed by atoms with E-state index in [0.29, 0.717) is 36.6 Å². The number of piperidine rings is 1.